The molecule has 0 spiro atoms. The second-order valence-corrected chi connectivity index (χ2v) is 1.31. The van der Waals surface area contributed by atoms with E-state index in [1.807, 2.05) is 12.9 Å². The Balaban J connectivity index is 0. The molecule has 0 saturated carbocycles. The molecule has 2 nitrogen and oxygen atoms in total. The molecule has 0 saturated heterocycles. The van der Waals surface area contributed by atoms with Gasteiger partial charge in [-0.3, -0.25) is 0 Å². The Kier molecular flexibility index (Phi) is 10.8. The van der Waals surface area contributed by atoms with Crippen molar-refractivity contribution < 1.29 is 39.5 Å². The van der Waals surface area contributed by atoms with E-state index in [-0.39, 0.29) is 35.3 Å². The molecule has 48 valence electrons. The van der Waals surface area contributed by atoms with Crippen LogP contribution < -0.4 is 34.7 Å². The molecular formula is C7H7NaO2. The van der Waals surface area contributed by atoms with Crippen molar-refractivity contribution in [1.82, 2.24) is 0 Å². The van der Waals surface area contributed by atoms with Gasteiger partial charge in [-0.25, -0.2) is 0 Å². The fourth-order valence-corrected chi connectivity index (χ4v) is 0.420. The minimum Gasteiger partial charge on any atom is -0.872 e. The van der Waals surface area contributed by atoms with Crippen LogP contribution in [0.3, 0.4) is 0 Å². The van der Waals surface area contributed by atoms with Gasteiger partial charge < -0.3 is 9.90 Å². The molecule has 0 aliphatic heterocycles. The molecule has 0 heterocycles. The van der Waals surface area contributed by atoms with Gasteiger partial charge >= 0.3 is 29.6 Å². The molecule has 0 aromatic heterocycles. The molecule has 0 N–H and O–H groups in total. The molecule has 1 aromatic carbocycles. The maximum absolute atomic E-state index is 10.3. The van der Waals surface area contributed by atoms with Crippen molar-refractivity contribution in [2.75, 3.05) is 0 Å². The van der Waals surface area contributed by atoms with Crippen LogP contribution in [0.15, 0.2) is 30.3 Å². The Labute approximate surface area is 82.2 Å². The molecule has 3 heteroatoms. The number of carbonyl (C=O) groups is 1. The van der Waals surface area contributed by atoms with Crippen LogP contribution in [-0.4, -0.2) is 6.79 Å². The Morgan fingerprint density at radius 3 is 1.70 bits per heavy atom. The van der Waals surface area contributed by atoms with E-state index in [2.05, 4.69) is 0 Å². The van der Waals surface area contributed by atoms with Crippen LogP contribution in [0, 0.1) is 0 Å². The predicted molar refractivity (Wildman–Crippen MR) is 33.0 cm³/mol. The standard InChI is InChI=1S/C6H6O.CH2O.Na/c7-6-4-2-1-3-5-6;1-2;/h1-5,7H;1H2;/q;;+1/p-1. The van der Waals surface area contributed by atoms with Gasteiger partial charge in [0.05, 0.1) is 0 Å². The first-order valence-electron chi connectivity index (χ1n) is 2.40. The molecule has 1 aromatic rings. The fourth-order valence-electron chi connectivity index (χ4n) is 0.420. The number of hydrogen-bond acceptors (Lipinski definition) is 2. The van der Waals surface area contributed by atoms with Crippen LogP contribution in [0.25, 0.3) is 0 Å². The summed E-state index contributed by atoms with van der Waals surface area (Å²) < 4.78 is 0. The van der Waals surface area contributed by atoms with E-state index in [1.165, 1.54) is 12.1 Å². The van der Waals surface area contributed by atoms with Crippen molar-refractivity contribution in [3.63, 3.8) is 0 Å². The summed E-state index contributed by atoms with van der Waals surface area (Å²) in [7, 11) is 0. The van der Waals surface area contributed by atoms with Gasteiger partial charge in [0.1, 0.15) is 6.79 Å². The number of hydrogen-bond donors (Lipinski definition) is 0. The molecule has 10 heavy (non-hydrogen) atoms. The van der Waals surface area contributed by atoms with E-state index in [0.717, 1.165) is 0 Å². The molecule has 0 aliphatic rings. The second-order valence-electron chi connectivity index (χ2n) is 1.31. The van der Waals surface area contributed by atoms with E-state index in [0.29, 0.717) is 0 Å². The van der Waals surface area contributed by atoms with E-state index >= 15 is 0 Å². The summed E-state index contributed by atoms with van der Waals surface area (Å²) in [5.41, 5.74) is 0. The predicted octanol–water partition coefficient (Wildman–Crippen LogP) is -2.42. The quantitative estimate of drug-likeness (QED) is 0.382. The van der Waals surface area contributed by atoms with E-state index in [9.17, 15) is 5.11 Å². The summed E-state index contributed by atoms with van der Waals surface area (Å²) in [5.74, 6) is 0.0718. The van der Waals surface area contributed by atoms with E-state index < -0.39 is 0 Å². The summed E-state index contributed by atoms with van der Waals surface area (Å²) >= 11 is 0. The van der Waals surface area contributed by atoms with E-state index in [1.54, 1.807) is 12.1 Å². The minimum atomic E-state index is 0. The van der Waals surface area contributed by atoms with Gasteiger partial charge in [0.25, 0.3) is 0 Å². The van der Waals surface area contributed by atoms with Crippen LogP contribution in [-0.2, 0) is 4.79 Å². The number of benzene rings is 1. The fraction of sp³-hybridized carbons (Fsp3) is 0. The van der Waals surface area contributed by atoms with Gasteiger partial charge in [-0.2, -0.15) is 0 Å². The Morgan fingerprint density at radius 2 is 1.50 bits per heavy atom. The van der Waals surface area contributed by atoms with Gasteiger partial charge in [0.15, 0.2) is 0 Å². The summed E-state index contributed by atoms with van der Waals surface area (Å²) in [6.07, 6.45) is 0. The summed E-state index contributed by atoms with van der Waals surface area (Å²) in [6.45, 7) is 2.00. The van der Waals surface area contributed by atoms with Crippen molar-refractivity contribution >= 4 is 6.79 Å². The van der Waals surface area contributed by atoms with Crippen molar-refractivity contribution in [3.05, 3.63) is 30.3 Å². The molecule has 0 fully saturated rings. The Bertz CT molecular complexity index is 153. The van der Waals surface area contributed by atoms with Crippen molar-refractivity contribution in [2.24, 2.45) is 0 Å². The average Bonchev–Trinajstić information content (AvgIpc) is 1.94. The molecule has 1 rings (SSSR count). The topological polar surface area (TPSA) is 40.1 Å². The third-order valence-electron chi connectivity index (χ3n) is 0.743. The summed E-state index contributed by atoms with van der Waals surface area (Å²) in [6, 6.07) is 8.33. The summed E-state index contributed by atoms with van der Waals surface area (Å²) in [4.78, 5) is 8.00. The molecule has 0 amide bonds. The molecular weight excluding hydrogens is 139 g/mol. The molecule has 0 bridgehead atoms. The second kappa shape index (κ2) is 8.69. The van der Waals surface area contributed by atoms with Crippen molar-refractivity contribution in [1.29, 1.82) is 0 Å². The number of rotatable bonds is 0. The first-order chi connectivity index (χ1) is 4.39. The van der Waals surface area contributed by atoms with Gasteiger partial charge in [0.2, 0.25) is 0 Å². The third kappa shape index (κ3) is 5.82. The van der Waals surface area contributed by atoms with E-state index in [4.69, 9.17) is 4.79 Å². The first kappa shape index (κ1) is 12.4. The molecule has 0 radical (unpaired) electrons. The zero-order chi connectivity index (χ0) is 7.11. The number of para-hydroxylation sites is 1. The van der Waals surface area contributed by atoms with Crippen LogP contribution in [0.1, 0.15) is 0 Å². The summed E-state index contributed by atoms with van der Waals surface area (Å²) in [5, 5.41) is 10.3. The Hall–Kier alpha value is -0.310. The monoisotopic (exact) mass is 146 g/mol. The minimum absolute atomic E-state index is 0. The zero-order valence-corrected chi connectivity index (χ0v) is 7.91. The Morgan fingerprint density at radius 1 is 1.10 bits per heavy atom. The third-order valence-corrected chi connectivity index (χ3v) is 0.743. The average molecular weight is 146 g/mol. The maximum atomic E-state index is 10.3. The van der Waals surface area contributed by atoms with Crippen molar-refractivity contribution in [3.8, 4) is 5.75 Å². The van der Waals surface area contributed by atoms with Gasteiger partial charge in [0, 0.05) is 0 Å². The van der Waals surface area contributed by atoms with Gasteiger partial charge in [-0.15, -0.1) is 5.75 Å². The van der Waals surface area contributed by atoms with Gasteiger partial charge in [-0.05, 0) is 0 Å². The zero-order valence-electron chi connectivity index (χ0n) is 5.91. The number of carbonyl (C=O) groups excluding carboxylic acids is 1. The maximum Gasteiger partial charge on any atom is 1.00 e. The van der Waals surface area contributed by atoms with Crippen LogP contribution in [0.5, 0.6) is 5.75 Å². The molecule has 0 aliphatic carbocycles. The van der Waals surface area contributed by atoms with Crippen LogP contribution in [0.2, 0.25) is 0 Å². The normalized spacial score (nSPS) is 6.40. The van der Waals surface area contributed by atoms with Crippen LogP contribution >= 0.6 is 0 Å². The largest absolute Gasteiger partial charge is 1.00 e. The smallest absolute Gasteiger partial charge is 0.872 e. The van der Waals surface area contributed by atoms with Crippen LogP contribution in [0.4, 0.5) is 0 Å². The SMILES string of the molecule is C=O.[Na+].[O-]c1ccccc1. The first-order valence-corrected chi connectivity index (χ1v) is 2.40. The molecule has 0 unspecified atom stereocenters. The van der Waals surface area contributed by atoms with Crippen molar-refractivity contribution in [2.45, 2.75) is 0 Å². The van der Waals surface area contributed by atoms with Gasteiger partial charge in [-0.1, -0.05) is 30.3 Å². The molecule has 0 atom stereocenters.